The summed E-state index contributed by atoms with van der Waals surface area (Å²) in [5, 5.41) is 5.95. The van der Waals surface area contributed by atoms with Crippen LogP contribution in [-0.2, 0) is 9.53 Å². The van der Waals surface area contributed by atoms with E-state index in [4.69, 9.17) is 4.74 Å². The Bertz CT molecular complexity index is 579. The molecule has 1 saturated carbocycles. The van der Waals surface area contributed by atoms with Crippen molar-refractivity contribution in [1.29, 1.82) is 0 Å². The van der Waals surface area contributed by atoms with E-state index in [1.54, 1.807) is 12.1 Å². The monoisotopic (exact) mass is 331 g/mol. The Labute approximate surface area is 142 Å². The second-order valence-electron chi connectivity index (χ2n) is 6.44. The van der Waals surface area contributed by atoms with Gasteiger partial charge in [-0.3, -0.25) is 14.5 Å². The Morgan fingerprint density at radius 2 is 1.83 bits per heavy atom. The molecule has 1 saturated heterocycles. The van der Waals surface area contributed by atoms with Gasteiger partial charge in [0.05, 0.1) is 31.0 Å². The van der Waals surface area contributed by atoms with Gasteiger partial charge in [0.15, 0.2) is 0 Å². The lowest BCUT2D eigenvalue weighted by Gasteiger charge is -2.26. The summed E-state index contributed by atoms with van der Waals surface area (Å²) in [4.78, 5) is 26.8. The van der Waals surface area contributed by atoms with Gasteiger partial charge in [-0.05, 0) is 25.0 Å². The van der Waals surface area contributed by atoms with E-state index < -0.39 is 0 Å². The molecule has 0 aromatic heterocycles. The molecule has 0 atom stereocenters. The molecule has 3 rings (SSSR count). The minimum absolute atomic E-state index is 0.0991. The van der Waals surface area contributed by atoms with E-state index in [1.165, 1.54) is 12.8 Å². The number of carbonyl (C=O) groups is 2. The number of hydrogen-bond acceptors (Lipinski definition) is 4. The highest BCUT2D eigenvalue weighted by Gasteiger charge is 2.20. The molecule has 24 heavy (non-hydrogen) atoms. The average Bonchev–Trinajstić information content (AvgIpc) is 3.09. The number of nitrogens with zero attached hydrogens (tertiary/aromatic N) is 1. The number of rotatable bonds is 5. The summed E-state index contributed by atoms with van der Waals surface area (Å²) in [5.41, 5.74) is 1.10. The van der Waals surface area contributed by atoms with Crippen molar-refractivity contribution in [3.05, 3.63) is 29.8 Å². The maximum Gasteiger partial charge on any atom is 0.253 e. The number of anilines is 1. The molecule has 6 heteroatoms. The van der Waals surface area contributed by atoms with Crippen LogP contribution in [0.1, 0.15) is 36.0 Å². The molecule has 6 nitrogen and oxygen atoms in total. The lowest BCUT2D eigenvalue weighted by molar-refractivity contribution is -0.118. The van der Waals surface area contributed by atoms with E-state index in [0.717, 1.165) is 25.9 Å². The lowest BCUT2D eigenvalue weighted by Crippen LogP contribution is -2.41. The van der Waals surface area contributed by atoms with Crippen molar-refractivity contribution < 1.29 is 14.3 Å². The van der Waals surface area contributed by atoms with E-state index in [9.17, 15) is 9.59 Å². The minimum Gasteiger partial charge on any atom is -0.379 e. The van der Waals surface area contributed by atoms with Crippen LogP contribution in [0.25, 0.3) is 0 Å². The van der Waals surface area contributed by atoms with Gasteiger partial charge in [0.2, 0.25) is 5.91 Å². The van der Waals surface area contributed by atoms with E-state index in [2.05, 4.69) is 15.5 Å². The Hall–Kier alpha value is -1.92. The lowest BCUT2D eigenvalue weighted by atomic mass is 10.1. The van der Waals surface area contributed by atoms with Gasteiger partial charge >= 0.3 is 0 Å². The van der Waals surface area contributed by atoms with Crippen molar-refractivity contribution in [2.45, 2.75) is 31.7 Å². The van der Waals surface area contributed by atoms with Crippen LogP contribution in [0, 0.1) is 0 Å². The van der Waals surface area contributed by atoms with E-state index in [1.807, 2.05) is 12.1 Å². The minimum atomic E-state index is -0.107. The summed E-state index contributed by atoms with van der Waals surface area (Å²) in [7, 11) is 0. The van der Waals surface area contributed by atoms with Gasteiger partial charge in [-0.15, -0.1) is 0 Å². The number of ether oxygens (including phenoxy) is 1. The smallest absolute Gasteiger partial charge is 0.253 e. The molecule has 1 aliphatic carbocycles. The Balaban J connectivity index is 1.60. The maximum absolute atomic E-state index is 12.5. The van der Waals surface area contributed by atoms with Crippen LogP contribution in [0.2, 0.25) is 0 Å². The van der Waals surface area contributed by atoms with Crippen molar-refractivity contribution in [1.82, 2.24) is 10.2 Å². The quantitative estimate of drug-likeness (QED) is 0.860. The number of hydrogen-bond donors (Lipinski definition) is 2. The first-order chi connectivity index (χ1) is 11.7. The highest BCUT2D eigenvalue weighted by molar-refractivity contribution is 6.04. The molecule has 0 bridgehead atoms. The Morgan fingerprint density at radius 3 is 2.58 bits per heavy atom. The molecular formula is C18H25N3O3. The summed E-state index contributed by atoms with van der Waals surface area (Å²) in [6.45, 7) is 3.16. The largest absolute Gasteiger partial charge is 0.379 e. The van der Waals surface area contributed by atoms with Crippen LogP contribution >= 0.6 is 0 Å². The number of morpholine rings is 1. The van der Waals surface area contributed by atoms with Gasteiger partial charge in [0.25, 0.3) is 5.91 Å². The summed E-state index contributed by atoms with van der Waals surface area (Å²) in [6, 6.07) is 7.45. The van der Waals surface area contributed by atoms with Crippen LogP contribution < -0.4 is 10.6 Å². The molecule has 0 radical (unpaired) electrons. The molecule has 2 aliphatic rings. The van der Waals surface area contributed by atoms with E-state index in [-0.39, 0.29) is 17.9 Å². The van der Waals surface area contributed by atoms with Crippen LogP contribution in [0.3, 0.4) is 0 Å². The van der Waals surface area contributed by atoms with Crippen molar-refractivity contribution in [3.63, 3.8) is 0 Å². The molecule has 1 aromatic rings. The fraction of sp³-hybridized carbons (Fsp3) is 0.556. The third kappa shape index (κ3) is 4.55. The van der Waals surface area contributed by atoms with Gasteiger partial charge in [0.1, 0.15) is 0 Å². The SMILES string of the molecule is O=C(CN1CCOCC1)Nc1ccccc1C(=O)NC1CCCC1. The Morgan fingerprint density at radius 1 is 1.12 bits per heavy atom. The van der Waals surface area contributed by atoms with Crippen molar-refractivity contribution in [2.24, 2.45) is 0 Å². The number of carbonyl (C=O) groups excluding carboxylic acids is 2. The number of benzene rings is 1. The molecule has 2 fully saturated rings. The number of amides is 2. The first-order valence-corrected chi connectivity index (χ1v) is 8.72. The first kappa shape index (κ1) is 16.9. The zero-order chi connectivity index (χ0) is 16.8. The standard InChI is InChI=1S/C18H25N3O3/c22-17(13-21-9-11-24-12-10-21)20-16-8-4-3-7-15(16)18(23)19-14-5-1-2-6-14/h3-4,7-8,14H,1-2,5-6,9-13H2,(H,19,23)(H,20,22). The fourth-order valence-electron chi connectivity index (χ4n) is 3.28. The van der Waals surface area contributed by atoms with Gasteiger partial charge in [-0.1, -0.05) is 25.0 Å². The van der Waals surface area contributed by atoms with E-state index in [0.29, 0.717) is 31.0 Å². The van der Waals surface area contributed by atoms with Crippen LogP contribution in [0.5, 0.6) is 0 Å². The van der Waals surface area contributed by atoms with Gasteiger partial charge in [0, 0.05) is 19.1 Å². The number of nitrogens with one attached hydrogen (secondary N) is 2. The van der Waals surface area contributed by atoms with Crippen LogP contribution in [0.4, 0.5) is 5.69 Å². The zero-order valence-electron chi connectivity index (χ0n) is 13.9. The third-order valence-electron chi connectivity index (χ3n) is 4.61. The summed E-state index contributed by atoms with van der Waals surface area (Å²) < 4.78 is 5.29. The summed E-state index contributed by atoms with van der Waals surface area (Å²) in [6.07, 6.45) is 4.42. The van der Waals surface area contributed by atoms with E-state index >= 15 is 0 Å². The van der Waals surface area contributed by atoms with Crippen molar-refractivity contribution >= 4 is 17.5 Å². The predicted molar refractivity (Wildman–Crippen MR) is 92.1 cm³/mol. The molecule has 2 N–H and O–H groups in total. The molecule has 1 aromatic carbocycles. The second kappa shape index (κ2) is 8.26. The van der Waals surface area contributed by atoms with Gasteiger partial charge < -0.3 is 15.4 Å². The molecule has 0 unspecified atom stereocenters. The highest BCUT2D eigenvalue weighted by atomic mass is 16.5. The Kier molecular flexibility index (Phi) is 5.82. The van der Waals surface area contributed by atoms with Crippen molar-refractivity contribution in [3.8, 4) is 0 Å². The molecule has 0 spiro atoms. The van der Waals surface area contributed by atoms with Gasteiger partial charge in [-0.2, -0.15) is 0 Å². The summed E-state index contributed by atoms with van der Waals surface area (Å²) >= 11 is 0. The maximum atomic E-state index is 12.5. The molecule has 1 aliphatic heterocycles. The van der Waals surface area contributed by atoms with Crippen LogP contribution in [-0.4, -0.2) is 55.6 Å². The first-order valence-electron chi connectivity index (χ1n) is 8.72. The third-order valence-corrected chi connectivity index (χ3v) is 4.61. The highest BCUT2D eigenvalue weighted by Crippen LogP contribution is 2.20. The molecule has 130 valence electrons. The topological polar surface area (TPSA) is 70.7 Å². The molecule has 1 heterocycles. The average molecular weight is 331 g/mol. The second-order valence-corrected chi connectivity index (χ2v) is 6.44. The van der Waals surface area contributed by atoms with Crippen molar-refractivity contribution in [2.75, 3.05) is 38.2 Å². The predicted octanol–water partition coefficient (Wildman–Crippen LogP) is 1.63. The summed E-state index contributed by atoms with van der Waals surface area (Å²) in [5.74, 6) is -0.206. The normalized spacial score (nSPS) is 19.2. The molecule has 2 amide bonds. The fourth-order valence-corrected chi connectivity index (χ4v) is 3.28. The van der Waals surface area contributed by atoms with Crippen LogP contribution in [0.15, 0.2) is 24.3 Å². The number of para-hydroxylation sites is 1. The molecular weight excluding hydrogens is 306 g/mol. The van der Waals surface area contributed by atoms with Gasteiger partial charge in [-0.25, -0.2) is 0 Å². The zero-order valence-corrected chi connectivity index (χ0v) is 13.9.